The van der Waals surface area contributed by atoms with Gasteiger partial charge in [-0.2, -0.15) is 0 Å². The van der Waals surface area contributed by atoms with Crippen molar-refractivity contribution in [1.82, 2.24) is 9.80 Å². The highest BCUT2D eigenvalue weighted by molar-refractivity contribution is 6.07. The number of carboxylic acids is 1. The maximum absolute atomic E-state index is 12.6. The Bertz CT molecular complexity index is 861. The number of rotatable bonds is 6. The Morgan fingerprint density at radius 3 is 2.39 bits per heavy atom. The third-order valence-electron chi connectivity index (χ3n) is 5.64. The molecule has 6 nitrogen and oxygen atoms in total. The number of anilines is 1. The Morgan fingerprint density at radius 1 is 0.929 bits per heavy atom. The molecule has 1 amide bonds. The highest BCUT2D eigenvalue weighted by Gasteiger charge is 2.31. The van der Waals surface area contributed by atoms with Crippen LogP contribution in [0.2, 0.25) is 0 Å². The number of carbonyl (C=O) groups excluding carboxylic acids is 1. The molecule has 0 atom stereocenters. The lowest BCUT2D eigenvalue weighted by molar-refractivity contribution is 0.0681. The summed E-state index contributed by atoms with van der Waals surface area (Å²) >= 11 is 0. The Labute approximate surface area is 165 Å². The average Bonchev–Trinajstić information content (AvgIpc) is 3.05. The number of nitrogens with zero attached hydrogens (tertiary/aromatic N) is 3. The zero-order chi connectivity index (χ0) is 19.5. The summed E-state index contributed by atoms with van der Waals surface area (Å²) in [6.45, 7) is 6.19. The lowest BCUT2D eigenvalue weighted by Gasteiger charge is -2.36. The van der Waals surface area contributed by atoms with Crippen LogP contribution in [0.15, 0.2) is 48.5 Å². The van der Waals surface area contributed by atoms with Crippen LogP contribution in [0, 0.1) is 0 Å². The smallest absolute Gasteiger partial charge is 0.336 e. The summed E-state index contributed by atoms with van der Waals surface area (Å²) in [7, 11) is 0. The van der Waals surface area contributed by atoms with Crippen molar-refractivity contribution in [2.45, 2.75) is 13.0 Å². The largest absolute Gasteiger partial charge is 0.478 e. The topological polar surface area (TPSA) is 64.1 Å². The molecule has 2 heterocycles. The van der Waals surface area contributed by atoms with Gasteiger partial charge in [-0.05, 0) is 36.7 Å². The number of carboxylic acid groups (broad SMARTS) is 1. The second-order valence-corrected chi connectivity index (χ2v) is 7.39. The molecule has 0 unspecified atom stereocenters. The summed E-state index contributed by atoms with van der Waals surface area (Å²) < 4.78 is 0. The number of amides is 1. The van der Waals surface area contributed by atoms with Gasteiger partial charge in [0, 0.05) is 45.0 Å². The van der Waals surface area contributed by atoms with Crippen LogP contribution in [0.5, 0.6) is 0 Å². The zero-order valence-electron chi connectivity index (χ0n) is 15.9. The van der Waals surface area contributed by atoms with E-state index in [4.69, 9.17) is 0 Å². The van der Waals surface area contributed by atoms with Gasteiger partial charge in [0.15, 0.2) is 0 Å². The Hall–Kier alpha value is -2.86. The predicted molar refractivity (Wildman–Crippen MR) is 108 cm³/mol. The summed E-state index contributed by atoms with van der Waals surface area (Å²) in [6, 6.07) is 15.6. The molecule has 0 spiro atoms. The number of benzene rings is 2. The van der Waals surface area contributed by atoms with E-state index >= 15 is 0 Å². The van der Waals surface area contributed by atoms with Crippen LogP contribution < -0.4 is 4.90 Å². The summed E-state index contributed by atoms with van der Waals surface area (Å²) in [4.78, 5) is 30.7. The second kappa shape index (κ2) is 8.02. The van der Waals surface area contributed by atoms with E-state index in [1.54, 1.807) is 11.0 Å². The number of hydrogen-bond acceptors (Lipinski definition) is 4. The Balaban J connectivity index is 1.26. The van der Waals surface area contributed by atoms with Gasteiger partial charge in [0.1, 0.15) is 0 Å². The number of carbonyl (C=O) groups is 2. The van der Waals surface area contributed by atoms with Crippen LogP contribution in [0.4, 0.5) is 5.69 Å². The van der Waals surface area contributed by atoms with Crippen molar-refractivity contribution in [2.24, 2.45) is 0 Å². The predicted octanol–water partition coefficient (Wildman–Crippen LogP) is 2.55. The van der Waals surface area contributed by atoms with Crippen LogP contribution in [0.1, 0.15) is 32.7 Å². The summed E-state index contributed by atoms with van der Waals surface area (Å²) in [5.41, 5.74) is 2.58. The van der Waals surface area contributed by atoms with E-state index in [9.17, 15) is 14.7 Å². The minimum absolute atomic E-state index is 0.113. The molecule has 0 aromatic heterocycles. The van der Waals surface area contributed by atoms with Gasteiger partial charge in [0.05, 0.1) is 11.1 Å². The molecular weight excluding hydrogens is 354 g/mol. The first-order valence-corrected chi connectivity index (χ1v) is 9.80. The van der Waals surface area contributed by atoms with Gasteiger partial charge in [0.2, 0.25) is 0 Å². The van der Waals surface area contributed by atoms with Gasteiger partial charge in [-0.3, -0.25) is 9.69 Å². The molecule has 0 saturated carbocycles. The minimum Gasteiger partial charge on any atom is -0.478 e. The SMILES string of the molecule is O=C(O)c1cccc2c1C(=O)N(CCCN1CCN(c3ccccc3)CC1)C2. The molecule has 0 aliphatic carbocycles. The lowest BCUT2D eigenvalue weighted by Crippen LogP contribution is -2.47. The number of fused-ring (bicyclic) bond motifs is 1. The van der Waals surface area contributed by atoms with E-state index in [1.165, 1.54) is 11.8 Å². The molecule has 2 aromatic rings. The van der Waals surface area contributed by atoms with Crippen molar-refractivity contribution in [1.29, 1.82) is 0 Å². The maximum Gasteiger partial charge on any atom is 0.336 e. The average molecular weight is 379 g/mol. The van der Waals surface area contributed by atoms with Gasteiger partial charge in [-0.25, -0.2) is 4.79 Å². The highest BCUT2D eigenvalue weighted by Crippen LogP contribution is 2.26. The normalized spacial score (nSPS) is 17.1. The fraction of sp³-hybridized carbons (Fsp3) is 0.364. The second-order valence-electron chi connectivity index (χ2n) is 7.39. The minimum atomic E-state index is -1.04. The van der Waals surface area contributed by atoms with Gasteiger partial charge < -0.3 is 14.9 Å². The van der Waals surface area contributed by atoms with Crippen LogP contribution in [-0.2, 0) is 6.54 Å². The van der Waals surface area contributed by atoms with Gasteiger partial charge in [0.25, 0.3) is 5.91 Å². The molecule has 1 N–H and O–H groups in total. The first kappa shape index (κ1) is 18.5. The van der Waals surface area contributed by atoms with Crippen molar-refractivity contribution in [3.8, 4) is 0 Å². The molecule has 2 aliphatic rings. The van der Waals surface area contributed by atoms with E-state index in [0.717, 1.165) is 44.7 Å². The highest BCUT2D eigenvalue weighted by atomic mass is 16.4. The molecule has 0 radical (unpaired) electrons. The first-order valence-electron chi connectivity index (χ1n) is 9.80. The van der Waals surface area contributed by atoms with E-state index in [1.807, 2.05) is 12.1 Å². The van der Waals surface area contributed by atoms with Crippen LogP contribution in [-0.4, -0.2) is 66.1 Å². The summed E-state index contributed by atoms with van der Waals surface area (Å²) in [5.74, 6) is -1.19. The number of para-hydroxylation sites is 1. The Morgan fingerprint density at radius 2 is 1.68 bits per heavy atom. The molecule has 1 saturated heterocycles. The molecule has 146 valence electrons. The number of hydrogen-bond donors (Lipinski definition) is 1. The lowest BCUT2D eigenvalue weighted by atomic mass is 10.0. The molecular formula is C22H25N3O3. The van der Waals surface area contributed by atoms with E-state index in [-0.39, 0.29) is 11.5 Å². The van der Waals surface area contributed by atoms with Crippen molar-refractivity contribution >= 4 is 17.6 Å². The third kappa shape index (κ3) is 3.73. The summed E-state index contributed by atoms with van der Waals surface area (Å²) in [6.07, 6.45) is 0.896. The van der Waals surface area contributed by atoms with Crippen molar-refractivity contribution in [3.63, 3.8) is 0 Å². The van der Waals surface area contributed by atoms with Crippen LogP contribution >= 0.6 is 0 Å². The fourth-order valence-electron chi connectivity index (χ4n) is 4.13. The molecule has 2 aromatic carbocycles. The molecule has 6 heteroatoms. The molecule has 2 aliphatic heterocycles. The van der Waals surface area contributed by atoms with E-state index in [2.05, 4.69) is 34.1 Å². The van der Waals surface area contributed by atoms with E-state index < -0.39 is 5.97 Å². The van der Waals surface area contributed by atoms with Gasteiger partial charge >= 0.3 is 5.97 Å². The van der Waals surface area contributed by atoms with Gasteiger partial charge in [-0.1, -0.05) is 30.3 Å². The van der Waals surface area contributed by atoms with Crippen LogP contribution in [0.25, 0.3) is 0 Å². The fourth-order valence-corrected chi connectivity index (χ4v) is 4.13. The molecule has 0 bridgehead atoms. The Kier molecular flexibility index (Phi) is 5.30. The molecule has 4 rings (SSSR count). The molecule has 28 heavy (non-hydrogen) atoms. The van der Waals surface area contributed by atoms with E-state index in [0.29, 0.717) is 18.7 Å². The van der Waals surface area contributed by atoms with Crippen LogP contribution in [0.3, 0.4) is 0 Å². The van der Waals surface area contributed by atoms with Crippen molar-refractivity contribution < 1.29 is 14.7 Å². The summed E-state index contributed by atoms with van der Waals surface area (Å²) in [5, 5.41) is 9.32. The number of aromatic carboxylic acids is 1. The maximum atomic E-state index is 12.6. The van der Waals surface area contributed by atoms with Crippen molar-refractivity contribution in [2.75, 3.05) is 44.2 Å². The first-order chi connectivity index (χ1) is 13.6. The molecule has 1 fully saturated rings. The third-order valence-corrected chi connectivity index (χ3v) is 5.64. The quantitative estimate of drug-likeness (QED) is 0.836. The standard InChI is InChI=1S/C22H25N3O3/c26-21-20-17(6-4-9-19(20)22(27)28)16-25(21)11-5-10-23-12-14-24(15-13-23)18-7-2-1-3-8-18/h1-4,6-9H,5,10-16H2,(H,27,28). The zero-order valence-corrected chi connectivity index (χ0v) is 15.9. The monoisotopic (exact) mass is 379 g/mol. The van der Waals surface area contributed by atoms with Gasteiger partial charge in [-0.15, -0.1) is 0 Å². The van der Waals surface area contributed by atoms with Crippen molar-refractivity contribution in [3.05, 3.63) is 65.2 Å². The number of piperazine rings is 1.